The highest BCUT2D eigenvalue weighted by Gasteiger charge is 2.37. The molecule has 0 spiro atoms. The van der Waals surface area contributed by atoms with E-state index >= 15 is 0 Å². The highest BCUT2D eigenvalue weighted by molar-refractivity contribution is 8.31. The molecule has 0 heterocycles. The van der Waals surface area contributed by atoms with Gasteiger partial charge in [0.05, 0.1) is 0 Å². The summed E-state index contributed by atoms with van der Waals surface area (Å²) in [6, 6.07) is 0. The molecule has 0 saturated heterocycles. The van der Waals surface area contributed by atoms with Crippen molar-refractivity contribution in [3.63, 3.8) is 0 Å². The lowest BCUT2D eigenvalue weighted by Crippen LogP contribution is -2.34. The summed E-state index contributed by atoms with van der Waals surface area (Å²) in [5.74, 6) is 0.616. The van der Waals surface area contributed by atoms with Crippen molar-refractivity contribution in [3.8, 4) is 0 Å². The molecule has 112 valence electrons. The van der Waals surface area contributed by atoms with E-state index in [4.69, 9.17) is 4.18 Å². The third kappa shape index (κ3) is 4.75. The second-order valence-corrected chi connectivity index (χ2v) is 10.8. The van der Waals surface area contributed by atoms with Crippen LogP contribution >= 0.6 is 10.3 Å². The van der Waals surface area contributed by atoms with Crippen LogP contribution in [0.1, 0.15) is 68.2 Å². The van der Waals surface area contributed by atoms with Gasteiger partial charge in [0.15, 0.2) is 6.29 Å². The van der Waals surface area contributed by atoms with E-state index in [1.54, 1.807) is 0 Å². The molecule has 0 rings (SSSR count). The molecule has 0 aliphatic rings. The number of rotatable bonds is 8. The molecule has 18 heavy (non-hydrogen) atoms. The summed E-state index contributed by atoms with van der Waals surface area (Å²) in [6.07, 6.45) is 1.17. The number of hydrogen-bond donors (Lipinski definition) is 1. The summed E-state index contributed by atoms with van der Waals surface area (Å²) in [6.45, 7) is 17.7. The van der Waals surface area contributed by atoms with Crippen molar-refractivity contribution in [2.75, 3.05) is 0 Å². The Labute approximate surface area is 116 Å². The minimum absolute atomic E-state index is 0.478. The molecule has 0 aromatic rings. The zero-order valence-electron chi connectivity index (χ0n) is 13.6. The van der Waals surface area contributed by atoms with Gasteiger partial charge in [-0.1, -0.05) is 55.4 Å². The van der Waals surface area contributed by atoms with Crippen molar-refractivity contribution in [2.24, 2.45) is 5.92 Å². The Hall–Kier alpha value is 0.270. The molecular formula is C15H34O2S. The Morgan fingerprint density at radius 1 is 0.778 bits per heavy atom. The second-order valence-electron chi connectivity index (χ2n) is 6.37. The maximum absolute atomic E-state index is 10.2. The molecule has 0 radical (unpaired) electrons. The van der Waals surface area contributed by atoms with Crippen LogP contribution in [0.15, 0.2) is 0 Å². The van der Waals surface area contributed by atoms with E-state index in [1.807, 2.05) is 0 Å². The van der Waals surface area contributed by atoms with Crippen LogP contribution in [0.3, 0.4) is 0 Å². The Morgan fingerprint density at radius 2 is 1.17 bits per heavy atom. The van der Waals surface area contributed by atoms with E-state index in [1.165, 1.54) is 0 Å². The Morgan fingerprint density at radius 3 is 1.44 bits per heavy atom. The summed E-state index contributed by atoms with van der Waals surface area (Å²) in [5.41, 5.74) is 0. The average molecular weight is 279 g/mol. The molecule has 1 unspecified atom stereocenters. The minimum atomic E-state index is -1.24. The first-order chi connectivity index (χ1) is 8.14. The van der Waals surface area contributed by atoms with E-state index in [-0.39, 0.29) is 0 Å². The van der Waals surface area contributed by atoms with Crippen molar-refractivity contribution in [1.29, 1.82) is 0 Å². The van der Waals surface area contributed by atoms with Gasteiger partial charge in [0.2, 0.25) is 0 Å². The highest BCUT2D eigenvalue weighted by Crippen LogP contribution is 2.62. The minimum Gasteiger partial charge on any atom is -0.367 e. The molecule has 0 saturated carbocycles. The van der Waals surface area contributed by atoms with Gasteiger partial charge in [-0.25, -0.2) is 0 Å². The number of aliphatic hydroxyl groups is 1. The standard InChI is InChI=1S/C15H34O2S/c1-11(2)9-10-15(16)17-18(12(3)4,13(5)6)14(7)8/h11-16H,9-10H2,1-8H3. The van der Waals surface area contributed by atoms with Crippen LogP contribution in [-0.4, -0.2) is 27.1 Å². The molecule has 3 heteroatoms. The maximum Gasteiger partial charge on any atom is 0.165 e. The van der Waals surface area contributed by atoms with Gasteiger partial charge in [-0.3, -0.25) is 0 Å². The Bertz CT molecular complexity index is 203. The summed E-state index contributed by atoms with van der Waals surface area (Å²) < 4.78 is 6.21. The van der Waals surface area contributed by atoms with Crippen LogP contribution in [0, 0.1) is 5.92 Å². The van der Waals surface area contributed by atoms with Crippen LogP contribution in [0.4, 0.5) is 0 Å². The fourth-order valence-electron chi connectivity index (χ4n) is 2.68. The zero-order chi connectivity index (χ0) is 14.5. The summed E-state index contributed by atoms with van der Waals surface area (Å²) in [5, 5.41) is 11.6. The SMILES string of the molecule is CC(C)CCC(O)OS(C(C)C)(C(C)C)C(C)C. The molecule has 2 nitrogen and oxygen atoms in total. The van der Waals surface area contributed by atoms with Crippen LogP contribution in [0.2, 0.25) is 0 Å². The molecule has 0 fully saturated rings. The molecule has 0 aliphatic carbocycles. The largest absolute Gasteiger partial charge is 0.367 e. The first-order valence-corrected chi connectivity index (χ1v) is 9.05. The van der Waals surface area contributed by atoms with Crippen LogP contribution < -0.4 is 0 Å². The van der Waals surface area contributed by atoms with Crippen molar-refractivity contribution in [3.05, 3.63) is 0 Å². The van der Waals surface area contributed by atoms with Crippen molar-refractivity contribution in [1.82, 2.24) is 0 Å². The van der Waals surface area contributed by atoms with E-state index < -0.39 is 16.6 Å². The summed E-state index contributed by atoms with van der Waals surface area (Å²) >= 11 is 0. The van der Waals surface area contributed by atoms with E-state index in [2.05, 4.69) is 55.4 Å². The molecule has 0 amide bonds. The van der Waals surface area contributed by atoms with Gasteiger partial charge in [-0.05, 0) is 18.8 Å². The summed E-state index contributed by atoms with van der Waals surface area (Å²) in [4.78, 5) is 0. The maximum atomic E-state index is 10.2. The molecule has 0 aromatic heterocycles. The van der Waals surface area contributed by atoms with Gasteiger partial charge < -0.3 is 9.29 Å². The topological polar surface area (TPSA) is 29.5 Å². The van der Waals surface area contributed by atoms with Gasteiger partial charge >= 0.3 is 0 Å². The van der Waals surface area contributed by atoms with Gasteiger partial charge in [0.25, 0.3) is 0 Å². The predicted octanol–water partition coefficient (Wildman–Crippen LogP) is 4.70. The molecule has 0 aromatic carbocycles. The predicted molar refractivity (Wildman–Crippen MR) is 84.2 cm³/mol. The van der Waals surface area contributed by atoms with Crippen molar-refractivity contribution >= 4 is 10.3 Å². The lowest BCUT2D eigenvalue weighted by atomic mass is 10.1. The average Bonchev–Trinajstić information content (AvgIpc) is 2.21. The molecule has 1 N–H and O–H groups in total. The fourth-order valence-corrected chi connectivity index (χ4v) is 7.10. The quantitative estimate of drug-likeness (QED) is 0.652. The third-order valence-corrected chi connectivity index (χ3v) is 8.46. The summed E-state index contributed by atoms with van der Waals surface area (Å²) in [7, 11) is -1.24. The van der Waals surface area contributed by atoms with Gasteiger partial charge in [-0.15, -0.1) is 10.3 Å². The Balaban J connectivity index is 4.78. The highest BCUT2D eigenvalue weighted by atomic mass is 32.3. The first-order valence-electron chi connectivity index (χ1n) is 7.30. The molecule has 1 atom stereocenters. The van der Waals surface area contributed by atoms with Crippen LogP contribution in [0.25, 0.3) is 0 Å². The van der Waals surface area contributed by atoms with Gasteiger partial charge in [0, 0.05) is 15.7 Å². The second kappa shape index (κ2) is 7.76. The zero-order valence-corrected chi connectivity index (χ0v) is 14.4. The lowest BCUT2D eigenvalue weighted by Gasteiger charge is -2.51. The smallest absolute Gasteiger partial charge is 0.165 e. The lowest BCUT2D eigenvalue weighted by molar-refractivity contribution is -0.0181. The van der Waals surface area contributed by atoms with E-state index in [0.717, 1.165) is 12.8 Å². The first kappa shape index (κ1) is 18.3. The Kier molecular flexibility index (Phi) is 7.88. The van der Waals surface area contributed by atoms with E-state index in [9.17, 15) is 5.11 Å². The van der Waals surface area contributed by atoms with Gasteiger partial charge in [-0.2, -0.15) is 0 Å². The van der Waals surface area contributed by atoms with Crippen molar-refractivity contribution in [2.45, 2.75) is 90.3 Å². The normalized spacial score (nSPS) is 16.1. The molecular weight excluding hydrogens is 244 g/mol. The van der Waals surface area contributed by atoms with Crippen LogP contribution in [0.5, 0.6) is 0 Å². The fraction of sp³-hybridized carbons (Fsp3) is 1.00. The van der Waals surface area contributed by atoms with E-state index in [0.29, 0.717) is 21.7 Å². The number of aliphatic hydroxyl groups excluding tert-OH is 1. The molecule has 0 aliphatic heterocycles. The monoisotopic (exact) mass is 278 g/mol. The van der Waals surface area contributed by atoms with Crippen LogP contribution in [-0.2, 0) is 4.18 Å². The molecule has 0 bridgehead atoms. The third-order valence-electron chi connectivity index (χ3n) is 3.48. The number of hydrogen-bond acceptors (Lipinski definition) is 2. The van der Waals surface area contributed by atoms with Crippen molar-refractivity contribution < 1.29 is 9.29 Å². The van der Waals surface area contributed by atoms with Gasteiger partial charge in [0.1, 0.15) is 0 Å².